The zero-order valence-electron chi connectivity index (χ0n) is 10.7. The highest BCUT2D eigenvalue weighted by Gasteiger charge is 2.13. The Morgan fingerprint density at radius 1 is 1.05 bits per heavy atom. The first-order valence-electron chi connectivity index (χ1n) is 6.62. The van der Waals surface area contributed by atoms with E-state index in [0.29, 0.717) is 12.0 Å². The summed E-state index contributed by atoms with van der Waals surface area (Å²) in [6.45, 7) is 2.12. The maximum atomic E-state index is 4.37. The van der Waals surface area contributed by atoms with Gasteiger partial charge in [0.15, 0.2) is 0 Å². The van der Waals surface area contributed by atoms with Crippen molar-refractivity contribution in [2.75, 3.05) is 18.4 Å². The summed E-state index contributed by atoms with van der Waals surface area (Å²) >= 11 is 0. The van der Waals surface area contributed by atoms with E-state index in [9.17, 15) is 0 Å². The van der Waals surface area contributed by atoms with Crippen LogP contribution in [0.15, 0.2) is 36.8 Å². The predicted molar refractivity (Wildman–Crippen MR) is 74.8 cm³/mol. The van der Waals surface area contributed by atoms with Crippen molar-refractivity contribution in [3.05, 3.63) is 36.8 Å². The molecule has 3 rings (SSSR count). The molecule has 0 bridgehead atoms. The minimum Gasteiger partial charge on any atom is -0.351 e. The average Bonchev–Trinajstić information content (AvgIpc) is 2.50. The van der Waals surface area contributed by atoms with Crippen LogP contribution < -0.4 is 10.6 Å². The Morgan fingerprint density at radius 2 is 1.84 bits per heavy atom. The fourth-order valence-corrected chi connectivity index (χ4v) is 2.22. The molecule has 0 radical (unpaired) electrons. The standard InChI is InChI=1S/C14H17N5/c1-2-6-16-13(3-1)11-9-17-14(18-10-11)19-12-4-7-15-8-5-12/h1-3,6,9-10,12,15H,4-5,7-8H2,(H,17,18,19). The third kappa shape index (κ3) is 3.06. The van der Waals surface area contributed by atoms with Crippen LogP contribution in [0.5, 0.6) is 0 Å². The molecule has 0 saturated carbocycles. The van der Waals surface area contributed by atoms with Crippen LogP contribution in [0.4, 0.5) is 5.95 Å². The summed E-state index contributed by atoms with van der Waals surface area (Å²) in [6.07, 6.45) is 7.64. The van der Waals surface area contributed by atoms with Gasteiger partial charge < -0.3 is 10.6 Å². The van der Waals surface area contributed by atoms with Gasteiger partial charge in [0, 0.05) is 30.2 Å². The molecule has 98 valence electrons. The lowest BCUT2D eigenvalue weighted by atomic mass is 10.1. The molecule has 1 saturated heterocycles. The third-order valence-electron chi connectivity index (χ3n) is 3.28. The zero-order valence-corrected chi connectivity index (χ0v) is 10.7. The highest BCUT2D eigenvalue weighted by Crippen LogP contribution is 2.15. The van der Waals surface area contributed by atoms with Gasteiger partial charge in [-0.3, -0.25) is 4.98 Å². The molecule has 5 nitrogen and oxygen atoms in total. The monoisotopic (exact) mass is 255 g/mol. The van der Waals surface area contributed by atoms with E-state index in [1.54, 1.807) is 6.20 Å². The molecule has 0 atom stereocenters. The number of hydrogen-bond donors (Lipinski definition) is 2. The van der Waals surface area contributed by atoms with E-state index < -0.39 is 0 Å². The smallest absolute Gasteiger partial charge is 0.222 e. The van der Waals surface area contributed by atoms with Crippen LogP contribution in [0.3, 0.4) is 0 Å². The van der Waals surface area contributed by atoms with Crippen LogP contribution in [-0.4, -0.2) is 34.1 Å². The molecule has 0 amide bonds. The maximum Gasteiger partial charge on any atom is 0.222 e. The quantitative estimate of drug-likeness (QED) is 0.874. The van der Waals surface area contributed by atoms with E-state index in [-0.39, 0.29) is 0 Å². The molecule has 0 aromatic carbocycles. The lowest BCUT2D eigenvalue weighted by Crippen LogP contribution is -2.35. The Morgan fingerprint density at radius 3 is 2.53 bits per heavy atom. The summed E-state index contributed by atoms with van der Waals surface area (Å²) < 4.78 is 0. The lowest BCUT2D eigenvalue weighted by Gasteiger charge is -2.23. The van der Waals surface area contributed by atoms with Crippen LogP contribution in [0, 0.1) is 0 Å². The van der Waals surface area contributed by atoms with Crippen molar-refractivity contribution in [3.63, 3.8) is 0 Å². The van der Waals surface area contributed by atoms with Gasteiger partial charge >= 0.3 is 0 Å². The number of anilines is 1. The average molecular weight is 255 g/mol. The molecule has 1 aliphatic heterocycles. The highest BCUT2D eigenvalue weighted by molar-refractivity contribution is 5.56. The molecule has 0 aliphatic carbocycles. The summed E-state index contributed by atoms with van der Waals surface area (Å²) in [5, 5.41) is 6.72. The molecular formula is C14H17N5. The van der Waals surface area contributed by atoms with Gasteiger partial charge in [-0.2, -0.15) is 0 Å². The second kappa shape index (κ2) is 5.75. The molecule has 1 fully saturated rings. The minimum absolute atomic E-state index is 0.474. The molecule has 19 heavy (non-hydrogen) atoms. The van der Waals surface area contributed by atoms with E-state index in [1.807, 2.05) is 30.6 Å². The van der Waals surface area contributed by atoms with Gasteiger partial charge in [-0.05, 0) is 38.1 Å². The Kier molecular flexibility index (Phi) is 3.65. The predicted octanol–water partition coefficient (Wildman–Crippen LogP) is 1.70. The number of nitrogens with zero attached hydrogens (tertiary/aromatic N) is 3. The van der Waals surface area contributed by atoms with Gasteiger partial charge in [0.1, 0.15) is 0 Å². The number of pyridine rings is 1. The summed E-state index contributed by atoms with van der Waals surface area (Å²) in [7, 11) is 0. The minimum atomic E-state index is 0.474. The van der Waals surface area contributed by atoms with E-state index >= 15 is 0 Å². The van der Waals surface area contributed by atoms with Crippen LogP contribution in [0.25, 0.3) is 11.3 Å². The van der Waals surface area contributed by atoms with Gasteiger partial charge in [-0.15, -0.1) is 0 Å². The molecule has 3 heterocycles. The van der Waals surface area contributed by atoms with Crippen molar-refractivity contribution < 1.29 is 0 Å². The van der Waals surface area contributed by atoms with Gasteiger partial charge in [0.05, 0.1) is 5.69 Å². The Hall–Kier alpha value is -2.01. The first-order chi connectivity index (χ1) is 9.42. The second-order valence-corrected chi connectivity index (χ2v) is 4.68. The van der Waals surface area contributed by atoms with Gasteiger partial charge in [-0.1, -0.05) is 6.07 Å². The summed E-state index contributed by atoms with van der Waals surface area (Å²) in [5.74, 6) is 0.701. The Bertz CT molecular complexity index is 505. The number of hydrogen-bond acceptors (Lipinski definition) is 5. The van der Waals surface area contributed by atoms with Crippen molar-refractivity contribution in [3.8, 4) is 11.3 Å². The lowest BCUT2D eigenvalue weighted by molar-refractivity contribution is 0.477. The topological polar surface area (TPSA) is 62.7 Å². The normalized spacial score (nSPS) is 16.2. The summed E-state index contributed by atoms with van der Waals surface area (Å²) in [5.41, 5.74) is 1.84. The molecule has 0 spiro atoms. The molecule has 1 aliphatic rings. The number of piperidine rings is 1. The number of rotatable bonds is 3. The molecule has 2 aromatic heterocycles. The SMILES string of the molecule is c1ccc(-c2cnc(NC3CCNCC3)nc2)nc1. The highest BCUT2D eigenvalue weighted by atomic mass is 15.1. The molecule has 0 unspecified atom stereocenters. The van der Waals surface area contributed by atoms with E-state index in [2.05, 4.69) is 25.6 Å². The number of aromatic nitrogens is 3. The Balaban J connectivity index is 1.68. The molecule has 5 heteroatoms. The van der Waals surface area contributed by atoms with Crippen molar-refractivity contribution in [2.24, 2.45) is 0 Å². The fourth-order valence-electron chi connectivity index (χ4n) is 2.22. The van der Waals surface area contributed by atoms with Crippen LogP contribution in [0.2, 0.25) is 0 Å². The van der Waals surface area contributed by atoms with Crippen molar-refractivity contribution in [2.45, 2.75) is 18.9 Å². The summed E-state index contributed by atoms with van der Waals surface area (Å²) in [4.78, 5) is 13.0. The van der Waals surface area contributed by atoms with E-state index in [0.717, 1.165) is 37.2 Å². The van der Waals surface area contributed by atoms with Gasteiger partial charge in [0.2, 0.25) is 5.95 Å². The fraction of sp³-hybridized carbons (Fsp3) is 0.357. The van der Waals surface area contributed by atoms with Crippen LogP contribution in [-0.2, 0) is 0 Å². The zero-order chi connectivity index (χ0) is 12.9. The van der Waals surface area contributed by atoms with E-state index in [4.69, 9.17) is 0 Å². The van der Waals surface area contributed by atoms with Gasteiger partial charge in [0.25, 0.3) is 0 Å². The first kappa shape index (κ1) is 12.0. The molecular weight excluding hydrogens is 238 g/mol. The molecule has 2 N–H and O–H groups in total. The third-order valence-corrected chi connectivity index (χ3v) is 3.28. The van der Waals surface area contributed by atoms with E-state index in [1.165, 1.54) is 0 Å². The Labute approximate surface area is 112 Å². The van der Waals surface area contributed by atoms with Crippen LogP contribution >= 0.6 is 0 Å². The largest absolute Gasteiger partial charge is 0.351 e. The number of nitrogens with one attached hydrogen (secondary N) is 2. The maximum absolute atomic E-state index is 4.37. The summed E-state index contributed by atoms with van der Waals surface area (Å²) in [6, 6.07) is 6.29. The van der Waals surface area contributed by atoms with Crippen molar-refractivity contribution in [1.29, 1.82) is 0 Å². The second-order valence-electron chi connectivity index (χ2n) is 4.68. The van der Waals surface area contributed by atoms with Gasteiger partial charge in [-0.25, -0.2) is 9.97 Å². The van der Waals surface area contributed by atoms with Crippen LogP contribution in [0.1, 0.15) is 12.8 Å². The van der Waals surface area contributed by atoms with Crippen molar-refractivity contribution >= 4 is 5.95 Å². The van der Waals surface area contributed by atoms with Crippen molar-refractivity contribution in [1.82, 2.24) is 20.3 Å². The first-order valence-corrected chi connectivity index (χ1v) is 6.62. The molecule has 2 aromatic rings.